The van der Waals surface area contributed by atoms with Crippen LogP contribution in [0.3, 0.4) is 0 Å². The molecule has 16 heavy (non-hydrogen) atoms. The highest BCUT2D eigenvalue weighted by molar-refractivity contribution is 6.32. The molecule has 1 heterocycles. The van der Waals surface area contributed by atoms with Crippen LogP contribution in [0.1, 0.15) is 38.8 Å². The van der Waals surface area contributed by atoms with Crippen LogP contribution in [-0.4, -0.2) is 12.1 Å². The van der Waals surface area contributed by atoms with E-state index >= 15 is 0 Å². The van der Waals surface area contributed by atoms with Crippen LogP contribution >= 0.6 is 11.6 Å². The molecule has 1 aliphatic rings. The van der Waals surface area contributed by atoms with Gasteiger partial charge >= 0.3 is 0 Å². The number of benzene rings is 1. The summed E-state index contributed by atoms with van der Waals surface area (Å²) in [5.74, 6) is 0.839. The molecule has 0 aromatic heterocycles. The lowest BCUT2D eigenvalue weighted by molar-refractivity contribution is 0.0666. The van der Waals surface area contributed by atoms with Crippen LogP contribution in [-0.2, 0) is 0 Å². The van der Waals surface area contributed by atoms with E-state index in [9.17, 15) is 0 Å². The van der Waals surface area contributed by atoms with Crippen molar-refractivity contribution < 1.29 is 4.74 Å². The topological polar surface area (TPSA) is 21.3 Å². The Morgan fingerprint density at radius 1 is 1.50 bits per heavy atom. The van der Waals surface area contributed by atoms with E-state index in [1.807, 2.05) is 12.1 Å². The fraction of sp³-hybridized carbons (Fsp3) is 0.538. The number of rotatable bonds is 2. The van der Waals surface area contributed by atoms with Crippen molar-refractivity contribution in [3.63, 3.8) is 0 Å². The molecule has 0 fully saturated rings. The molecule has 0 bridgehead atoms. The van der Waals surface area contributed by atoms with Crippen molar-refractivity contribution in [2.45, 2.75) is 38.8 Å². The van der Waals surface area contributed by atoms with Crippen molar-refractivity contribution in [1.29, 1.82) is 0 Å². The lowest BCUT2D eigenvalue weighted by Gasteiger charge is -2.38. The second-order valence-corrected chi connectivity index (χ2v) is 5.24. The van der Waals surface area contributed by atoms with E-state index < -0.39 is 0 Å². The van der Waals surface area contributed by atoms with Crippen molar-refractivity contribution in [3.8, 4) is 5.75 Å². The third-order valence-corrected chi connectivity index (χ3v) is 3.20. The predicted molar refractivity (Wildman–Crippen MR) is 67.2 cm³/mol. The van der Waals surface area contributed by atoms with Crippen LogP contribution in [0.25, 0.3) is 0 Å². The Morgan fingerprint density at radius 3 is 2.94 bits per heavy atom. The molecule has 88 valence electrons. The predicted octanol–water partition coefficient (Wildman–Crippen LogP) is 3.55. The van der Waals surface area contributed by atoms with Crippen LogP contribution in [0.5, 0.6) is 5.75 Å². The van der Waals surface area contributed by atoms with Crippen LogP contribution < -0.4 is 10.1 Å². The van der Waals surface area contributed by atoms with Gasteiger partial charge in [-0.1, -0.05) is 30.7 Å². The van der Waals surface area contributed by atoms with Crippen LogP contribution in [0, 0.1) is 0 Å². The summed E-state index contributed by atoms with van der Waals surface area (Å²) >= 11 is 6.18. The summed E-state index contributed by atoms with van der Waals surface area (Å²) in [6, 6.07) is 6.28. The Balaban J connectivity index is 2.42. The Labute approximate surface area is 102 Å². The molecule has 1 N–H and O–H groups in total. The van der Waals surface area contributed by atoms with Crippen molar-refractivity contribution in [2.75, 3.05) is 6.54 Å². The van der Waals surface area contributed by atoms with Gasteiger partial charge in [0.05, 0.1) is 5.02 Å². The smallest absolute Gasteiger partial charge is 0.143 e. The number of fused-ring (bicyclic) bond motifs is 1. The number of hydrogen-bond acceptors (Lipinski definition) is 2. The normalized spacial score (nSPS) is 22.4. The van der Waals surface area contributed by atoms with Crippen LogP contribution in [0.4, 0.5) is 0 Å². The fourth-order valence-electron chi connectivity index (χ4n) is 2.26. The van der Waals surface area contributed by atoms with Gasteiger partial charge in [0.25, 0.3) is 0 Å². The van der Waals surface area contributed by atoms with Gasteiger partial charge in [0, 0.05) is 18.0 Å². The molecule has 0 saturated heterocycles. The molecule has 1 aromatic carbocycles. The molecule has 2 rings (SSSR count). The Morgan fingerprint density at radius 2 is 2.25 bits per heavy atom. The summed E-state index contributed by atoms with van der Waals surface area (Å²) in [4.78, 5) is 0. The zero-order valence-corrected chi connectivity index (χ0v) is 10.8. The summed E-state index contributed by atoms with van der Waals surface area (Å²) in [5.41, 5.74) is 1.01. The SMILES string of the molecule is CCNC1CC(C)(C)Oc2c(Cl)cccc21. The zero-order valence-electron chi connectivity index (χ0n) is 10.0. The molecule has 0 radical (unpaired) electrons. The van der Waals surface area contributed by atoms with Crippen LogP contribution in [0.2, 0.25) is 5.02 Å². The third-order valence-electron chi connectivity index (χ3n) is 2.90. The van der Waals surface area contributed by atoms with Gasteiger partial charge in [-0.3, -0.25) is 0 Å². The van der Waals surface area contributed by atoms with E-state index in [0.29, 0.717) is 11.1 Å². The summed E-state index contributed by atoms with van der Waals surface area (Å²) < 4.78 is 5.95. The molecule has 1 aliphatic heterocycles. The molecule has 2 nitrogen and oxygen atoms in total. The number of halogens is 1. The minimum atomic E-state index is -0.162. The molecule has 3 heteroatoms. The van der Waals surface area contributed by atoms with E-state index in [2.05, 4.69) is 32.2 Å². The maximum atomic E-state index is 6.18. The molecule has 0 spiro atoms. The lowest BCUT2D eigenvalue weighted by atomic mass is 9.90. The number of para-hydroxylation sites is 1. The van der Waals surface area contributed by atoms with Gasteiger partial charge in [0.15, 0.2) is 0 Å². The first-order valence-corrected chi connectivity index (χ1v) is 6.12. The molecule has 1 aromatic rings. The van der Waals surface area contributed by atoms with Gasteiger partial charge in [0.2, 0.25) is 0 Å². The third kappa shape index (κ3) is 2.18. The number of nitrogens with one attached hydrogen (secondary N) is 1. The summed E-state index contributed by atoms with van der Waals surface area (Å²) in [5, 5.41) is 4.19. The maximum Gasteiger partial charge on any atom is 0.143 e. The van der Waals surface area contributed by atoms with Gasteiger partial charge in [0.1, 0.15) is 11.4 Å². The Hall–Kier alpha value is -0.730. The van der Waals surface area contributed by atoms with E-state index in [4.69, 9.17) is 16.3 Å². The van der Waals surface area contributed by atoms with Crippen molar-refractivity contribution in [2.24, 2.45) is 0 Å². The van der Waals surface area contributed by atoms with E-state index in [1.54, 1.807) is 0 Å². The molecular formula is C13H18ClNO. The Kier molecular flexibility index (Phi) is 3.13. The first-order valence-electron chi connectivity index (χ1n) is 5.74. The molecule has 1 atom stereocenters. The summed E-state index contributed by atoms with van der Waals surface area (Å²) in [6.45, 7) is 7.27. The van der Waals surface area contributed by atoms with Gasteiger partial charge < -0.3 is 10.1 Å². The maximum absolute atomic E-state index is 6.18. The molecule has 0 amide bonds. The van der Waals surface area contributed by atoms with Gasteiger partial charge in [-0.05, 0) is 26.5 Å². The quantitative estimate of drug-likeness (QED) is 0.852. The van der Waals surface area contributed by atoms with Crippen LogP contribution in [0.15, 0.2) is 18.2 Å². The van der Waals surface area contributed by atoms with Gasteiger partial charge in [-0.15, -0.1) is 0 Å². The minimum Gasteiger partial charge on any atom is -0.486 e. The minimum absolute atomic E-state index is 0.162. The van der Waals surface area contributed by atoms with Crippen molar-refractivity contribution >= 4 is 11.6 Å². The highest BCUT2D eigenvalue weighted by Crippen LogP contribution is 2.43. The largest absolute Gasteiger partial charge is 0.486 e. The average molecular weight is 240 g/mol. The molecular weight excluding hydrogens is 222 g/mol. The van der Waals surface area contributed by atoms with E-state index in [-0.39, 0.29) is 5.60 Å². The van der Waals surface area contributed by atoms with Crippen molar-refractivity contribution in [3.05, 3.63) is 28.8 Å². The Bertz CT molecular complexity index is 390. The molecule has 1 unspecified atom stereocenters. The van der Waals surface area contributed by atoms with E-state index in [0.717, 1.165) is 18.7 Å². The van der Waals surface area contributed by atoms with Gasteiger partial charge in [-0.25, -0.2) is 0 Å². The second kappa shape index (κ2) is 4.27. The highest BCUT2D eigenvalue weighted by Gasteiger charge is 2.34. The number of hydrogen-bond donors (Lipinski definition) is 1. The zero-order chi connectivity index (χ0) is 11.8. The fourth-order valence-corrected chi connectivity index (χ4v) is 2.48. The van der Waals surface area contributed by atoms with Gasteiger partial charge in [-0.2, -0.15) is 0 Å². The molecule has 0 saturated carbocycles. The standard InChI is InChI=1S/C13H18ClNO/c1-4-15-11-8-13(2,3)16-12-9(11)6-5-7-10(12)14/h5-7,11,15H,4,8H2,1-3H3. The highest BCUT2D eigenvalue weighted by atomic mass is 35.5. The first kappa shape index (κ1) is 11.7. The van der Waals surface area contributed by atoms with E-state index in [1.165, 1.54) is 5.56 Å². The first-order chi connectivity index (χ1) is 7.53. The summed E-state index contributed by atoms with van der Waals surface area (Å²) in [7, 11) is 0. The second-order valence-electron chi connectivity index (χ2n) is 4.83. The summed E-state index contributed by atoms with van der Waals surface area (Å²) in [6.07, 6.45) is 0.966. The average Bonchev–Trinajstić information content (AvgIpc) is 2.19. The number of ether oxygens (including phenoxy) is 1. The lowest BCUT2D eigenvalue weighted by Crippen LogP contribution is -2.39. The monoisotopic (exact) mass is 239 g/mol. The molecule has 0 aliphatic carbocycles. The van der Waals surface area contributed by atoms with Crippen molar-refractivity contribution in [1.82, 2.24) is 5.32 Å².